The van der Waals surface area contributed by atoms with Crippen molar-refractivity contribution in [1.82, 2.24) is 5.32 Å². The van der Waals surface area contributed by atoms with Crippen molar-refractivity contribution in [1.29, 1.82) is 0 Å². The second kappa shape index (κ2) is 7.24. The largest absolute Gasteiger partial charge is 0.306 e. The molecular weight excluding hydrogens is 320 g/mol. The average molecular weight is 339 g/mol. The molecule has 3 N–H and O–H groups in total. The van der Waals surface area contributed by atoms with Gasteiger partial charge in [-0.1, -0.05) is 42.8 Å². The SMILES string of the molecule is CC[C@H](NCc1cccc(Cl)c1)c1cccc(S(N)(=O)=O)c1. The van der Waals surface area contributed by atoms with Crippen LogP contribution in [-0.4, -0.2) is 8.42 Å². The van der Waals surface area contributed by atoms with E-state index in [1.165, 1.54) is 6.07 Å². The summed E-state index contributed by atoms with van der Waals surface area (Å²) in [6, 6.07) is 14.4. The van der Waals surface area contributed by atoms with E-state index >= 15 is 0 Å². The van der Waals surface area contributed by atoms with E-state index < -0.39 is 10.0 Å². The normalized spacial score (nSPS) is 13.0. The molecule has 0 unspecified atom stereocenters. The fraction of sp³-hybridized carbons (Fsp3) is 0.250. The Bertz CT molecular complexity index is 747. The number of hydrogen-bond donors (Lipinski definition) is 2. The Hall–Kier alpha value is -1.40. The molecular formula is C16H19ClN2O2S. The van der Waals surface area contributed by atoms with Gasteiger partial charge in [0.2, 0.25) is 10.0 Å². The number of sulfonamides is 1. The maximum absolute atomic E-state index is 11.5. The molecule has 0 heterocycles. The van der Waals surface area contributed by atoms with Crippen molar-refractivity contribution in [2.75, 3.05) is 0 Å². The van der Waals surface area contributed by atoms with E-state index in [1.807, 2.05) is 37.3 Å². The molecule has 2 aromatic carbocycles. The minimum atomic E-state index is -3.69. The van der Waals surface area contributed by atoms with E-state index in [2.05, 4.69) is 5.32 Å². The quantitative estimate of drug-likeness (QED) is 0.849. The summed E-state index contributed by atoms with van der Waals surface area (Å²) in [6.07, 6.45) is 0.828. The third-order valence-electron chi connectivity index (χ3n) is 3.44. The van der Waals surface area contributed by atoms with Gasteiger partial charge in [0.25, 0.3) is 0 Å². The predicted octanol–water partition coefficient (Wildman–Crippen LogP) is 3.23. The van der Waals surface area contributed by atoms with Crippen molar-refractivity contribution in [3.8, 4) is 0 Å². The summed E-state index contributed by atoms with van der Waals surface area (Å²) in [5.41, 5.74) is 1.98. The summed E-state index contributed by atoms with van der Waals surface area (Å²) < 4.78 is 22.9. The van der Waals surface area contributed by atoms with Gasteiger partial charge >= 0.3 is 0 Å². The van der Waals surface area contributed by atoms with Crippen LogP contribution in [0, 0.1) is 0 Å². The lowest BCUT2D eigenvalue weighted by Crippen LogP contribution is -2.21. The molecule has 2 aromatic rings. The number of benzene rings is 2. The van der Waals surface area contributed by atoms with Crippen molar-refractivity contribution in [3.63, 3.8) is 0 Å². The second-order valence-corrected chi connectivity index (χ2v) is 7.09. The number of nitrogens with one attached hydrogen (secondary N) is 1. The van der Waals surface area contributed by atoms with E-state index in [0.717, 1.165) is 17.5 Å². The van der Waals surface area contributed by atoms with Crippen molar-refractivity contribution in [2.45, 2.75) is 30.8 Å². The van der Waals surface area contributed by atoms with Gasteiger partial charge in [-0.25, -0.2) is 13.6 Å². The van der Waals surface area contributed by atoms with Crippen molar-refractivity contribution in [3.05, 3.63) is 64.7 Å². The molecule has 0 saturated heterocycles. The van der Waals surface area contributed by atoms with Crippen molar-refractivity contribution < 1.29 is 8.42 Å². The Morgan fingerprint density at radius 1 is 1.18 bits per heavy atom. The Morgan fingerprint density at radius 2 is 1.91 bits per heavy atom. The molecule has 0 fully saturated rings. The van der Waals surface area contributed by atoms with E-state index in [4.69, 9.17) is 16.7 Å². The Balaban J connectivity index is 2.15. The molecule has 1 atom stereocenters. The summed E-state index contributed by atoms with van der Waals surface area (Å²) in [6.45, 7) is 2.69. The molecule has 0 amide bonds. The zero-order valence-electron chi connectivity index (χ0n) is 12.3. The zero-order valence-corrected chi connectivity index (χ0v) is 13.9. The minimum Gasteiger partial charge on any atom is -0.306 e. The molecule has 0 radical (unpaired) electrons. The lowest BCUT2D eigenvalue weighted by molar-refractivity contribution is 0.518. The standard InChI is InChI=1S/C16H19ClN2O2S/c1-2-16(19-11-12-5-3-7-14(17)9-12)13-6-4-8-15(10-13)22(18,20)21/h3-10,16,19H,2,11H2,1H3,(H2,18,20,21)/t16-/m0/s1. The number of primary sulfonamides is 1. The van der Waals surface area contributed by atoms with Gasteiger partial charge in [0.05, 0.1) is 4.90 Å². The van der Waals surface area contributed by atoms with Gasteiger partial charge in [-0.3, -0.25) is 0 Å². The highest BCUT2D eigenvalue weighted by Gasteiger charge is 2.13. The molecule has 0 bridgehead atoms. The summed E-state index contributed by atoms with van der Waals surface area (Å²) in [4.78, 5) is 0.132. The van der Waals surface area contributed by atoms with Crippen LogP contribution in [0.15, 0.2) is 53.4 Å². The zero-order chi connectivity index (χ0) is 16.2. The molecule has 0 aromatic heterocycles. The third-order valence-corrected chi connectivity index (χ3v) is 4.58. The third kappa shape index (κ3) is 4.55. The first-order valence-corrected chi connectivity index (χ1v) is 8.93. The van der Waals surface area contributed by atoms with Crippen LogP contribution in [0.2, 0.25) is 5.02 Å². The van der Waals surface area contributed by atoms with Gasteiger partial charge in [0.15, 0.2) is 0 Å². The monoisotopic (exact) mass is 338 g/mol. The fourth-order valence-electron chi connectivity index (χ4n) is 2.29. The fourth-order valence-corrected chi connectivity index (χ4v) is 3.08. The van der Waals surface area contributed by atoms with E-state index in [0.29, 0.717) is 11.6 Å². The van der Waals surface area contributed by atoms with E-state index in [9.17, 15) is 8.42 Å². The number of hydrogen-bond acceptors (Lipinski definition) is 3. The van der Waals surface area contributed by atoms with Gasteiger partial charge < -0.3 is 5.32 Å². The molecule has 6 heteroatoms. The van der Waals surface area contributed by atoms with Gasteiger partial charge in [0, 0.05) is 17.6 Å². The highest BCUT2D eigenvalue weighted by molar-refractivity contribution is 7.89. The maximum atomic E-state index is 11.5. The first-order chi connectivity index (χ1) is 10.4. The number of halogens is 1. The summed E-state index contributed by atoms with van der Waals surface area (Å²) in [7, 11) is -3.69. The highest BCUT2D eigenvalue weighted by atomic mass is 35.5. The van der Waals surface area contributed by atoms with Gasteiger partial charge in [-0.05, 0) is 41.8 Å². The molecule has 0 aliphatic carbocycles. The molecule has 0 aliphatic heterocycles. The summed E-state index contributed by atoms with van der Waals surface area (Å²) in [5.74, 6) is 0. The van der Waals surface area contributed by atoms with E-state index in [-0.39, 0.29) is 10.9 Å². The number of rotatable bonds is 6. The van der Waals surface area contributed by atoms with Gasteiger partial charge in [-0.15, -0.1) is 0 Å². The highest BCUT2D eigenvalue weighted by Crippen LogP contribution is 2.20. The second-order valence-electron chi connectivity index (χ2n) is 5.09. The van der Waals surface area contributed by atoms with Crippen LogP contribution in [0.5, 0.6) is 0 Å². The van der Waals surface area contributed by atoms with Gasteiger partial charge in [0.1, 0.15) is 0 Å². The number of nitrogens with two attached hydrogens (primary N) is 1. The van der Waals surface area contributed by atoms with Crippen LogP contribution in [0.4, 0.5) is 0 Å². The average Bonchev–Trinajstić information content (AvgIpc) is 2.47. The van der Waals surface area contributed by atoms with Gasteiger partial charge in [-0.2, -0.15) is 0 Å². The minimum absolute atomic E-state index is 0.0423. The van der Waals surface area contributed by atoms with Crippen LogP contribution in [0.25, 0.3) is 0 Å². The summed E-state index contributed by atoms with van der Waals surface area (Å²) in [5, 5.41) is 9.30. The maximum Gasteiger partial charge on any atom is 0.238 e. The molecule has 0 saturated carbocycles. The first kappa shape index (κ1) is 17.0. The van der Waals surface area contributed by atoms with Crippen LogP contribution in [-0.2, 0) is 16.6 Å². The lowest BCUT2D eigenvalue weighted by Gasteiger charge is -2.18. The lowest BCUT2D eigenvalue weighted by atomic mass is 10.0. The van der Waals surface area contributed by atoms with Crippen LogP contribution < -0.4 is 10.5 Å². The van der Waals surface area contributed by atoms with E-state index in [1.54, 1.807) is 12.1 Å². The molecule has 4 nitrogen and oxygen atoms in total. The Kier molecular flexibility index (Phi) is 5.58. The Labute approximate surface area is 136 Å². The molecule has 118 valence electrons. The predicted molar refractivity (Wildman–Crippen MR) is 89.1 cm³/mol. The molecule has 2 rings (SSSR count). The van der Waals surface area contributed by atoms with Crippen LogP contribution >= 0.6 is 11.6 Å². The smallest absolute Gasteiger partial charge is 0.238 e. The molecule has 22 heavy (non-hydrogen) atoms. The van der Waals surface area contributed by atoms with Crippen molar-refractivity contribution in [2.24, 2.45) is 5.14 Å². The van der Waals surface area contributed by atoms with Crippen LogP contribution in [0.3, 0.4) is 0 Å². The first-order valence-electron chi connectivity index (χ1n) is 7.00. The molecule has 0 aliphatic rings. The van der Waals surface area contributed by atoms with Crippen LogP contribution in [0.1, 0.15) is 30.5 Å². The molecule has 0 spiro atoms. The summed E-state index contributed by atoms with van der Waals surface area (Å²) >= 11 is 5.97. The topological polar surface area (TPSA) is 72.2 Å². The van der Waals surface area contributed by atoms with Crippen molar-refractivity contribution >= 4 is 21.6 Å². The Morgan fingerprint density at radius 3 is 2.55 bits per heavy atom.